The van der Waals surface area contributed by atoms with E-state index in [0.717, 1.165) is 49.0 Å². The van der Waals surface area contributed by atoms with Crippen LogP contribution in [-0.2, 0) is 14.3 Å². The van der Waals surface area contributed by atoms with E-state index in [9.17, 15) is 19.2 Å². The fourth-order valence-corrected chi connectivity index (χ4v) is 4.06. The van der Waals surface area contributed by atoms with Crippen molar-refractivity contribution < 1.29 is 28.3 Å². The van der Waals surface area contributed by atoms with Gasteiger partial charge >= 0.3 is 12.0 Å². The lowest BCUT2D eigenvalue weighted by Crippen LogP contribution is -2.57. The summed E-state index contributed by atoms with van der Waals surface area (Å²) in [6, 6.07) is 9.31. The van der Waals surface area contributed by atoms with Crippen LogP contribution in [0.15, 0.2) is 46.4 Å². The van der Waals surface area contributed by atoms with Crippen molar-refractivity contribution in [3.05, 3.63) is 53.3 Å². The number of ether oxygens (including phenoxy) is 1. The fraction of sp³-hybridized carbons (Fsp3) is 0.360. The summed E-state index contributed by atoms with van der Waals surface area (Å²) >= 11 is 0. The number of esters is 1. The monoisotopic (exact) mass is 450 g/mol. The number of rotatable bonds is 7. The molecule has 2 aromatic rings. The van der Waals surface area contributed by atoms with E-state index >= 15 is 0 Å². The van der Waals surface area contributed by atoms with Gasteiger partial charge in [0.15, 0.2) is 0 Å². The number of benzene rings is 1. The lowest BCUT2D eigenvalue weighted by atomic mass is 10.1. The number of carbonyl (C=O) groups is 4. The van der Waals surface area contributed by atoms with Crippen LogP contribution in [0.25, 0.3) is 17.4 Å². The van der Waals surface area contributed by atoms with Crippen LogP contribution in [-0.4, -0.2) is 41.4 Å². The molecular formula is C25H26N2O6. The number of hydrogen-bond donors (Lipinski definition) is 1. The topological polar surface area (TPSA) is 106 Å². The normalized spacial score (nSPS) is 18.2. The lowest BCUT2D eigenvalue weighted by Gasteiger charge is -2.30. The molecular weight excluding hydrogens is 424 g/mol. The molecule has 1 aliphatic carbocycles. The summed E-state index contributed by atoms with van der Waals surface area (Å²) in [6.07, 6.45) is 6.51. The summed E-state index contributed by atoms with van der Waals surface area (Å²) < 4.78 is 11.0. The molecule has 0 radical (unpaired) electrons. The Morgan fingerprint density at radius 1 is 1.12 bits per heavy atom. The molecule has 1 N–H and O–H groups in total. The minimum Gasteiger partial charge on any atom is -0.462 e. The van der Waals surface area contributed by atoms with Crippen molar-refractivity contribution in [3.63, 3.8) is 0 Å². The molecule has 0 unspecified atom stereocenters. The Kier molecular flexibility index (Phi) is 6.72. The lowest BCUT2D eigenvalue weighted by molar-refractivity contribution is -0.131. The van der Waals surface area contributed by atoms with Crippen molar-refractivity contribution in [3.8, 4) is 11.3 Å². The quantitative estimate of drug-likeness (QED) is 0.292. The molecule has 1 aromatic carbocycles. The van der Waals surface area contributed by atoms with E-state index in [1.54, 1.807) is 36.4 Å². The Bertz CT molecular complexity index is 1090. The number of nitrogens with one attached hydrogen (secondary N) is 1. The molecule has 2 aliphatic rings. The van der Waals surface area contributed by atoms with E-state index < -0.39 is 17.8 Å². The van der Waals surface area contributed by atoms with E-state index in [1.807, 2.05) is 6.92 Å². The maximum absolute atomic E-state index is 12.9. The molecule has 0 atom stereocenters. The predicted molar refractivity (Wildman–Crippen MR) is 120 cm³/mol. The maximum Gasteiger partial charge on any atom is 0.338 e. The van der Waals surface area contributed by atoms with Crippen molar-refractivity contribution in [1.29, 1.82) is 0 Å². The highest BCUT2D eigenvalue weighted by molar-refractivity contribution is 6.31. The molecule has 0 spiro atoms. The summed E-state index contributed by atoms with van der Waals surface area (Å²) in [7, 11) is 0. The van der Waals surface area contributed by atoms with Crippen LogP contribution in [0.3, 0.4) is 0 Å². The zero-order chi connectivity index (χ0) is 23.4. The van der Waals surface area contributed by atoms with Crippen LogP contribution in [0.5, 0.6) is 0 Å². The summed E-state index contributed by atoms with van der Waals surface area (Å²) in [5.41, 5.74) is 1.05. The average molecular weight is 450 g/mol. The minimum absolute atomic E-state index is 0.132. The van der Waals surface area contributed by atoms with Crippen LogP contribution >= 0.6 is 0 Å². The van der Waals surface area contributed by atoms with Gasteiger partial charge in [-0.05, 0) is 49.6 Å². The first-order chi connectivity index (χ1) is 16.0. The van der Waals surface area contributed by atoms with Gasteiger partial charge in [-0.2, -0.15) is 0 Å². The van der Waals surface area contributed by atoms with Crippen LogP contribution in [0.1, 0.15) is 61.6 Å². The number of barbiturate groups is 1. The number of imide groups is 2. The Morgan fingerprint density at radius 2 is 1.85 bits per heavy atom. The highest BCUT2D eigenvalue weighted by Gasteiger charge is 2.40. The number of urea groups is 1. The zero-order valence-corrected chi connectivity index (χ0v) is 18.5. The van der Waals surface area contributed by atoms with Gasteiger partial charge in [-0.3, -0.25) is 19.8 Å². The Morgan fingerprint density at radius 3 is 2.55 bits per heavy atom. The van der Waals surface area contributed by atoms with Crippen molar-refractivity contribution in [2.45, 2.75) is 51.5 Å². The van der Waals surface area contributed by atoms with Crippen molar-refractivity contribution in [2.75, 3.05) is 6.61 Å². The average Bonchev–Trinajstić information content (AvgIpc) is 3.49. The van der Waals surface area contributed by atoms with Gasteiger partial charge in [-0.25, -0.2) is 9.59 Å². The summed E-state index contributed by atoms with van der Waals surface area (Å²) in [6.45, 7) is 2.42. The highest BCUT2D eigenvalue weighted by Crippen LogP contribution is 2.28. The molecule has 1 aromatic heterocycles. The van der Waals surface area contributed by atoms with Gasteiger partial charge in [0, 0.05) is 11.6 Å². The van der Waals surface area contributed by atoms with Gasteiger partial charge in [0.2, 0.25) is 0 Å². The third kappa shape index (κ3) is 4.89. The van der Waals surface area contributed by atoms with E-state index in [2.05, 4.69) is 5.32 Å². The van der Waals surface area contributed by atoms with Crippen molar-refractivity contribution in [1.82, 2.24) is 10.2 Å². The third-order valence-electron chi connectivity index (χ3n) is 5.87. The van der Waals surface area contributed by atoms with Gasteiger partial charge in [-0.1, -0.05) is 38.3 Å². The van der Waals surface area contributed by atoms with Crippen molar-refractivity contribution >= 4 is 29.9 Å². The summed E-state index contributed by atoms with van der Waals surface area (Å²) in [5, 5.41) is 2.25. The summed E-state index contributed by atoms with van der Waals surface area (Å²) in [4.78, 5) is 50.7. The molecule has 4 amide bonds. The van der Waals surface area contributed by atoms with E-state index in [-0.39, 0.29) is 17.6 Å². The second kappa shape index (κ2) is 9.85. The number of carbonyl (C=O) groups excluding carboxylic acids is 4. The van der Waals surface area contributed by atoms with Gasteiger partial charge in [0.1, 0.15) is 17.1 Å². The molecule has 2 heterocycles. The van der Waals surface area contributed by atoms with E-state index in [0.29, 0.717) is 23.7 Å². The van der Waals surface area contributed by atoms with Crippen LogP contribution in [0.2, 0.25) is 0 Å². The smallest absolute Gasteiger partial charge is 0.338 e. The summed E-state index contributed by atoms with van der Waals surface area (Å²) in [5.74, 6) is -0.877. The maximum atomic E-state index is 12.9. The molecule has 1 saturated heterocycles. The standard InChI is InChI=1S/C25H26N2O6/c1-2-3-14-32-24(30)17-10-8-16(9-11-17)21-13-12-19(33-21)15-20-22(28)26-25(31)27(23(20)29)18-6-4-5-7-18/h8-13,15,18H,2-7,14H2,1H3,(H,26,28,31)/b20-15+. The number of amides is 4. The first kappa shape index (κ1) is 22.5. The first-order valence-corrected chi connectivity index (χ1v) is 11.3. The number of hydrogen-bond acceptors (Lipinski definition) is 6. The largest absolute Gasteiger partial charge is 0.462 e. The van der Waals surface area contributed by atoms with Gasteiger partial charge in [0.05, 0.1) is 12.2 Å². The predicted octanol–water partition coefficient (Wildman–Crippen LogP) is 4.31. The molecule has 4 rings (SSSR count). The first-order valence-electron chi connectivity index (χ1n) is 11.3. The van der Waals surface area contributed by atoms with Gasteiger partial charge in [0.25, 0.3) is 11.8 Å². The van der Waals surface area contributed by atoms with E-state index in [1.165, 1.54) is 6.08 Å². The van der Waals surface area contributed by atoms with Crippen molar-refractivity contribution in [2.24, 2.45) is 0 Å². The molecule has 2 fully saturated rings. The van der Waals surface area contributed by atoms with Crippen LogP contribution in [0, 0.1) is 0 Å². The molecule has 1 aliphatic heterocycles. The molecule has 0 bridgehead atoms. The molecule has 8 heteroatoms. The molecule has 1 saturated carbocycles. The molecule has 172 valence electrons. The second-order valence-electron chi connectivity index (χ2n) is 8.20. The fourth-order valence-electron chi connectivity index (χ4n) is 4.06. The number of nitrogens with zero attached hydrogens (tertiary/aromatic N) is 1. The third-order valence-corrected chi connectivity index (χ3v) is 5.87. The van der Waals surface area contributed by atoms with E-state index in [4.69, 9.17) is 9.15 Å². The second-order valence-corrected chi connectivity index (χ2v) is 8.20. The number of furan rings is 1. The Hall–Kier alpha value is -3.68. The number of unbranched alkanes of at least 4 members (excludes halogenated alkanes) is 1. The van der Waals surface area contributed by atoms with Gasteiger partial charge < -0.3 is 9.15 Å². The minimum atomic E-state index is -0.733. The zero-order valence-electron chi connectivity index (χ0n) is 18.5. The highest BCUT2D eigenvalue weighted by atomic mass is 16.5. The Balaban J connectivity index is 1.49. The SMILES string of the molecule is CCCCOC(=O)c1ccc(-c2ccc(/C=C3\C(=O)NC(=O)N(C4CCCC4)C3=O)o2)cc1. The molecule has 8 nitrogen and oxygen atoms in total. The van der Waals surface area contributed by atoms with Crippen LogP contribution in [0.4, 0.5) is 4.79 Å². The molecule has 33 heavy (non-hydrogen) atoms. The Labute approximate surface area is 191 Å². The van der Waals surface area contributed by atoms with Gasteiger partial charge in [-0.15, -0.1) is 0 Å². The van der Waals surface area contributed by atoms with Crippen LogP contribution < -0.4 is 5.32 Å².